The van der Waals surface area contributed by atoms with Crippen LogP contribution in [0.15, 0.2) is 42.1 Å². The Morgan fingerprint density at radius 2 is 2.31 bits per heavy atom. The number of aromatic nitrogens is 4. The molecule has 1 N–H and O–H groups in total. The van der Waals surface area contributed by atoms with Crippen molar-refractivity contribution in [3.05, 3.63) is 36.9 Å². The Balaban J connectivity index is 2.15. The number of aromatic amines is 1. The number of nitrogens with zero attached hydrogens (tertiary/aromatic N) is 3. The van der Waals surface area contributed by atoms with E-state index in [9.17, 15) is 0 Å². The highest BCUT2D eigenvalue weighted by molar-refractivity contribution is 7.98. The minimum absolute atomic E-state index is 0.942. The number of hydrogen-bond acceptors (Lipinski definition) is 3. The average Bonchev–Trinajstić information content (AvgIpc) is 2.96. The summed E-state index contributed by atoms with van der Waals surface area (Å²) in [6.45, 7) is 0. The number of fused-ring (bicyclic) bond motifs is 1. The Hall–Kier alpha value is -1.75. The van der Waals surface area contributed by atoms with E-state index in [0.717, 1.165) is 21.9 Å². The molecule has 0 bridgehead atoms. The third-order valence-electron chi connectivity index (χ3n) is 2.44. The number of benzene rings is 1. The van der Waals surface area contributed by atoms with Crippen LogP contribution in [-0.4, -0.2) is 25.8 Å². The molecule has 0 fully saturated rings. The van der Waals surface area contributed by atoms with Crippen molar-refractivity contribution in [2.24, 2.45) is 0 Å². The predicted octanol–water partition coefficient (Wildman–Crippen LogP) is 2.47. The van der Waals surface area contributed by atoms with Crippen molar-refractivity contribution < 1.29 is 0 Å². The van der Waals surface area contributed by atoms with Gasteiger partial charge in [-0.15, -0.1) is 0 Å². The second-order valence-electron chi connectivity index (χ2n) is 3.42. The molecule has 0 saturated heterocycles. The molecule has 3 aromatic rings. The fraction of sp³-hybridized carbons (Fsp3) is 0.0909. The summed E-state index contributed by atoms with van der Waals surface area (Å²) in [6, 6.07) is 6.12. The SMILES string of the molecule is CSc1nc2ccc(-n3ccnc3)cc2[nH]1. The molecule has 0 atom stereocenters. The summed E-state index contributed by atoms with van der Waals surface area (Å²) in [6.07, 6.45) is 7.49. The monoisotopic (exact) mass is 230 g/mol. The molecule has 1 aromatic carbocycles. The number of thioether (sulfide) groups is 1. The van der Waals surface area contributed by atoms with Gasteiger partial charge in [0.25, 0.3) is 0 Å². The molecule has 0 radical (unpaired) electrons. The molecule has 0 aliphatic heterocycles. The summed E-state index contributed by atoms with van der Waals surface area (Å²) >= 11 is 1.61. The molecular formula is C11H10N4S. The molecule has 0 spiro atoms. The van der Waals surface area contributed by atoms with Gasteiger partial charge in [-0.3, -0.25) is 0 Å². The number of hydrogen-bond donors (Lipinski definition) is 1. The third kappa shape index (κ3) is 1.49. The molecule has 0 saturated carbocycles. The van der Waals surface area contributed by atoms with Gasteiger partial charge in [-0.25, -0.2) is 9.97 Å². The van der Waals surface area contributed by atoms with Crippen LogP contribution in [0, 0.1) is 0 Å². The smallest absolute Gasteiger partial charge is 0.166 e. The van der Waals surface area contributed by atoms with Gasteiger partial charge in [-0.1, -0.05) is 11.8 Å². The standard InChI is InChI=1S/C11H10N4S/c1-16-11-13-9-3-2-8(6-10(9)14-11)15-5-4-12-7-15/h2-7H,1H3,(H,13,14). The van der Waals surface area contributed by atoms with Crippen molar-refractivity contribution in [3.63, 3.8) is 0 Å². The van der Waals surface area contributed by atoms with E-state index in [2.05, 4.69) is 21.0 Å². The molecule has 16 heavy (non-hydrogen) atoms. The zero-order valence-corrected chi connectivity index (χ0v) is 9.53. The van der Waals surface area contributed by atoms with Crippen LogP contribution in [-0.2, 0) is 0 Å². The van der Waals surface area contributed by atoms with Gasteiger partial charge in [-0.2, -0.15) is 0 Å². The Kier molecular flexibility index (Phi) is 2.18. The molecule has 0 aliphatic rings. The van der Waals surface area contributed by atoms with E-state index >= 15 is 0 Å². The molecule has 2 aromatic heterocycles. The van der Waals surface area contributed by atoms with Crippen LogP contribution in [0.25, 0.3) is 16.7 Å². The first-order chi connectivity index (χ1) is 7.86. The Morgan fingerprint density at radius 1 is 1.38 bits per heavy atom. The van der Waals surface area contributed by atoms with E-state index in [0.29, 0.717) is 0 Å². The van der Waals surface area contributed by atoms with E-state index in [1.807, 2.05) is 29.2 Å². The number of imidazole rings is 2. The van der Waals surface area contributed by atoms with Crippen molar-refractivity contribution in [1.82, 2.24) is 19.5 Å². The van der Waals surface area contributed by atoms with E-state index < -0.39 is 0 Å². The maximum atomic E-state index is 4.44. The van der Waals surface area contributed by atoms with E-state index in [-0.39, 0.29) is 0 Å². The topological polar surface area (TPSA) is 46.5 Å². The largest absolute Gasteiger partial charge is 0.333 e. The zero-order chi connectivity index (χ0) is 11.0. The summed E-state index contributed by atoms with van der Waals surface area (Å²) in [4.78, 5) is 11.7. The fourth-order valence-electron chi connectivity index (χ4n) is 1.64. The highest BCUT2D eigenvalue weighted by atomic mass is 32.2. The third-order valence-corrected chi connectivity index (χ3v) is 3.02. The summed E-state index contributed by atoms with van der Waals surface area (Å²) in [5.74, 6) is 0. The molecule has 5 heteroatoms. The van der Waals surface area contributed by atoms with Crippen molar-refractivity contribution in [3.8, 4) is 5.69 Å². The second-order valence-corrected chi connectivity index (χ2v) is 4.21. The van der Waals surface area contributed by atoms with Gasteiger partial charge in [0.15, 0.2) is 5.16 Å². The minimum Gasteiger partial charge on any atom is -0.333 e. The van der Waals surface area contributed by atoms with Crippen LogP contribution in [0.2, 0.25) is 0 Å². The summed E-state index contributed by atoms with van der Waals surface area (Å²) in [7, 11) is 0. The van der Waals surface area contributed by atoms with E-state index in [4.69, 9.17) is 0 Å². The molecule has 4 nitrogen and oxygen atoms in total. The normalized spacial score (nSPS) is 11.1. The highest BCUT2D eigenvalue weighted by Crippen LogP contribution is 2.20. The lowest BCUT2D eigenvalue weighted by atomic mass is 10.3. The van der Waals surface area contributed by atoms with Gasteiger partial charge in [-0.05, 0) is 24.5 Å². The van der Waals surface area contributed by atoms with Crippen LogP contribution in [0.4, 0.5) is 0 Å². The van der Waals surface area contributed by atoms with Crippen LogP contribution in [0.1, 0.15) is 0 Å². The first-order valence-corrected chi connectivity index (χ1v) is 6.11. The maximum Gasteiger partial charge on any atom is 0.166 e. The Labute approximate surface area is 96.7 Å². The fourth-order valence-corrected chi connectivity index (χ4v) is 2.04. The van der Waals surface area contributed by atoms with Gasteiger partial charge in [0.1, 0.15) is 0 Å². The van der Waals surface area contributed by atoms with Crippen LogP contribution < -0.4 is 0 Å². The Bertz CT molecular complexity index is 612. The van der Waals surface area contributed by atoms with Gasteiger partial charge < -0.3 is 9.55 Å². The molecular weight excluding hydrogens is 220 g/mol. The van der Waals surface area contributed by atoms with Crippen molar-refractivity contribution in [2.75, 3.05) is 6.26 Å². The lowest BCUT2D eigenvalue weighted by Gasteiger charge is -2.00. The molecule has 2 heterocycles. The molecule has 0 unspecified atom stereocenters. The minimum atomic E-state index is 0.942. The van der Waals surface area contributed by atoms with Crippen molar-refractivity contribution in [1.29, 1.82) is 0 Å². The molecule has 3 rings (SSSR count). The number of rotatable bonds is 2. The lowest BCUT2D eigenvalue weighted by Crippen LogP contribution is -1.88. The molecule has 0 aliphatic carbocycles. The summed E-state index contributed by atoms with van der Waals surface area (Å²) in [5, 5.41) is 0.942. The van der Waals surface area contributed by atoms with E-state index in [1.165, 1.54) is 0 Å². The first-order valence-electron chi connectivity index (χ1n) is 4.89. The second kappa shape index (κ2) is 3.68. The van der Waals surface area contributed by atoms with Gasteiger partial charge in [0.2, 0.25) is 0 Å². The molecule has 80 valence electrons. The first kappa shape index (κ1) is 9.47. The number of nitrogens with one attached hydrogen (secondary N) is 1. The van der Waals surface area contributed by atoms with Crippen molar-refractivity contribution >= 4 is 22.8 Å². The van der Waals surface area contributed by atoms with Crippen LogP contribution in [0.5, 0.6) is 0 Å². The Morgan fingerprint density at radius 3 is 3.06 bits per heavy atom. The van der Waals surface area contributed by atoms with E-state index in [1.54, 1.807) is 24.3 Å². The van der Waals surface area contributed by atoms with Gasteiger partial charge >= 0.3 is 0 Å². The maximum absolute atomic E-state index is 4.44. The predicted molar refractivity (Wildman–Crippen MR) is 65.0 cm³/mol. The summed E-state index contributed by atoms with van der Waals surface area (Å²) in [5.41, 5.74) is 3.13. The van der Waals surface area contributed by atoms with Crippen molar-refractivity contribution in [2.45, 2.75) is 5.16 Å². The van der Waals surface area contributed by atoms with Gasteiger partial charge in [0, 0.05) is 18.1 Å². The zero-order valence-electron chi connectivity index (χ0n) is 8.71. The average molecular weight is 230 g/mol. The van der Waals surface area contributed by atoms with Gasteiger partial charge in [0.05, 0.1) is 17.4 Å². The quantitative estimate of drug-likeness (QED) is 0.688. The molecule has 0 amide bonds. The number of H-pyrrole nitrogens is 1. The van der Waals surface area contributed by atoms with Crippen LogP contribution in [0.3, 0.4) is 0 Å². The highest BCUT2D eigenvalue weighted by Gasteiger charge is 2.03. The lowest BCUT2D eigenvalue weighted by molar-refractivity contribution is 1.06. The van der Waals surface area contributed by atoms with Crippen LogP contribution >= 0.6 is 11.8 Å². The summed E-state index contributed by atoms with van der Waals surface area (Å²) < 4.78 is 1.97.